The van der Waals surface area contributed by atoms with E-state index in [0.29, 0.717) is 40.3 Å². The SMILES string of the molecule is COc1ccc(OC)c(C(=O)c2oc3ccccc3c2NC(=O)C[NH+]2CCCCC2)c1. The van der Waals surface area contributed by atoms with Crippen molar-refractivity contribution in [1.29, 1.82) is 0 Å². The largest absolute Gasteiger partial charge is 0.497 e. The lowest BCUT2D eigenvalue weighted by molar-refractivity contribution is -0.896. The van der Waals surface area contributed by atoms with E-state index in [1.807, 2.05) is 18.2 Å². The number of benzene rings is 2. The number of amides is 1. The number of carbonyl (C=O) groups excluding carboxylic acids is 2. The number of para-hydroxylation sites is 1. The number of anilines is 1. The second-order valence-electron chi connectivity index (χ2n) is 7.73. The van der Waals surface area contributed by atoms with Crippen molar-refractivity contribution in [2.45, 2.75) is 19.3 Å². The number of likely N-dealkylation sites (tertiary alicyclic amines) is 1. The van der Waals surface area contributed by atoms with Crippen LogP contribution in [-0.4, -0.2) is 45.5 Å². The van der Waals surface area contributed by atoms with Gasteiger partial charge in [0.2, 0.25) is 5.78 Å². The number of ketones is 1. The van der Waals surface area contributed by atoms with Gasteiger partial charge in [-0.3, -0.25) is 9.59 Å². The molecule has 1 aromatic heterocycles. The van der Waals surface area contributed by atoms with E-state index in [-0.39, 0.29) is 17.5 Å². The molecule has 7 heteroatoms. The summed E-state index contributed by atoms with van der Waals surface area (Å²) in [7, 11) is 3.03. The van der Waals surface area contributed by atoms with Crippen molar-refractivity contribution in [3.05, 3.63) is 53.8 Å². The maximum atomic E-state index is 13.5. The Morgan fingerprint density at radius 3 is 2.55 bits per heavy atom. The van der Waals surface area contributed by atoms with Gasteiger partial charge in [0.15, 0.2) is 12.3 Å². The zero-order valence-electron chi connectivity index (χ0n) is 17.8. The summed E-state index contributed by atoms with van der Waals surface area (Å²) in [6.45, 7) is 2.36. The normalized spacial score (nSPS) is 14.4. The second-order valence-corrected chi connectivity index (χ2v) is 7.73. The number of hydrogen-bond donors (Lipinski definition) is 2. The molecule has 2 N–H and O–H groups in total. The smallest absolute Gasteiger partial charge is 0.279 e. The van der Waals surface area contributed by atoms with Crippen LogP contribution >= 0.6 is 0 Å². The molecule has 1 amide bonds. The molecule has 0 atom stereocenters. The monoisotopic (exact) mass is 423 g/mol. The standard InChI is InChI=1S/C24H26N2O5/c1-29-16-10-11-19(30-2)18(14-16)23(28)24-22(17-8-4-5-9-20(17)31-24)25-21(27)15-26-12-6-3-7-13-26/h4-5,8-11,14H,3,6-7,12-13,15H2,1-2H3,(H,25,27)/p+1. The average molecular weight is 423 g/mol. The third kappa shape index (κ3) is 4.41. The Labute approximate surface area is 180 Å². The zero-order chi connectivity index (χ0) is 21.8. The first kappa shape index (κ1) is 20.9. The molecule has 2 heterocycles. The first-order valence-corrected chi connectivity index (χ1v) is 10.5. The third-order valence-corrected chi connectivity index (χ3v) is 5.69. The van der Waals surface area contributed by atoms with Gasteiger partial charge in [-0.25, -0.2) is 0 Å². The van der Waals surface area contributed by atoms with Crippen LogP contribution in [0.3, 0.4) is 0 Å². The van der Waals surface area contributed by atoms with Crippen LogP contribution in [0.5, 0.6) is 11.5 Å². The van der Waals surface area contributed by atoms with Crippen LogP contribution in [0.25, 0.3) is 11.0 Å². The lowest BCUT2D eigenvalue weighted by Gasteiger charge is -2.22. The van der Waals surface area contributed by atoms with E-state index in [4.69, 9.17) is 13.9 Å². The number of quaternary nitrogens is 1. The highest BCUT2D eigenvalue weighted by Crippen LogP contribution is 2.35. The fraction of sp³-hybridized carbons (Fsp3) is 0.333. The molecule has 1 saturated heterocycles. The van der Waals surface area contributed by atoms with Crippen molar-refractivity contribution < 1.29 is 28.4 Å². The molecular formula is C24H27N2O5+. The first-order chi connectivity index (χ1) is 15.1. The molecule has 3 aromatic rings. The molecule has 0 radical (unpaired) electrons. The van der Waals surface area contributed by atoms with Gasteiger partial charge < -0.3 is 24.1 Å². The molecular weight excluding hydrogens is 396 g/mol. The van der Waals surface area contributed by atoms with Gasteiger partial charge >= 0.3 is 0 Å². The Morgan fingerprint density at radius 1 is 1.03 bits per heavy atom. The number of furan rings is 1. The molecule has 2 aromatic carbocycles. The van der Waals surface area contributed by atoms with E-state index in [0.717, 1.165) is 25.9 Å². The quantitative estimate of drug-likeness (QED) is 0.571. The number of fused-ring (bicyclic) bond motifs is 1. The number of hydrogen-bond acceptors (Lipinski definition) is 5. The number of methoxy groups -OCH3 is 2. The van der Waals surface area contributed by atoms with Crippen LogP contribution in [0.15, 0.2) is 46.9 Å². The number of rotatable bonds is 7. The Balaban J connectivity index is 1.69. The maximum absolute atomic E-state index is 13.5. The Bertz CT molecular complexity index is 1100. The molecule has 1 aliphatic rings. The van der Waals surface area contributed by atoms with Crippen LogP contribution < -0.4 is 19.7 Å². The average Bonchev–Trinajstić information content (AvgIpc) is 3.17. The van der Waals surface area contributed by atoms with Crippen molar-refractivity contribution in [3.63, 3.8) is 0 Å². The predicted molar refractivity (Wildman–Crippen MR) is 117 cm³/mol. The van der Waals surface area contributed by atoms with E-state index in [1.54, 1.807) is 24.3 Å². The molecule has 0 unspecified atom stereocenters. The second kappa shape index (κ2) is 9.22. The zero-order valence-corrected chi connectivity index (χ0v) is 17.8. The molecule has 1 aliphatic heterocycles. The number of piperidine rings is 1. The summed E-state index contributed by atoms with van der Waals surface area (Å²) in [5.41, 5.74) is 1.23. The third-order valence-electron chi connectivity index (χ3n) is 5.69. The summed E-state index contributed by atoms with van der Waals surface area (Å²) >= 11 is 0. The Hall–Kier alpha value is -3.32. The molecule has 7 nitrogen and oxygen atoms in total. The Morgan fingerprint density at radius 2 is 1.81 bits per heavy atom. The Kier molecular flexibility index (Phi) is 6.23. The molecule has 0 spiro atoms. The molecule has 0 saturated carbocycles. The summed E-state index contributed by atoms with van der Waals surface area (Å²) in [5.74, 6) is 0.498. The van der Waals surface area contributed by atoms with E-state index in [1.165, 1.54) is 25.5 Å². The first-order valence-electron chi connectivity index (χ1n) is 10.5. The summed E-state index contributed by atoms with van der Waals surface area (Å²) in [6, 6.07) is 12.3. The number of carbonyl (C=O) groups is 2. The molecule has 0 bridgehead atoms. The van der Waals surface area contributed by atoms with Gasteiger partial charge in [0.1, 0.15) is 17.1 Å². The van der Waals surface area contributed by atoms with Gasteiger partial charge in [0.05, 0.1) is 38.6 Å². The van der Waals surface area contributed by atoms with Crippen molar-refractivity contribution in [1.82, 2.24) is 0 Å². The highest BCUT2D eigenvalue weighted by atomic mass is 16.5. The van der Waals surface area contributed by atoms with Crippen LogP contribution in [0.4, 0.5) is 5.69 Å². The predicted octanol–water partition coefficient (Wildman–Crippen LogP) is 2.69. The topological polar surface area (TPSA) is 82.2 Å². The molecule has 162 valence electrons. The van der Waals surface area contributed by atoms with Crippen molar-refractivity contribution >= 4 is 28.3 Å². The minimum absolute atomic E-state index is 0.0785. The summed E-state index contributed by atoms with van der Waals surface area (Å²) < 4.78 is 16.6. The number of ether oxygens (including phenoxy) is 2. The van der Waals surface area contributed by atoms with Gasteiger partial charge in [0.25, 0.3) is 5.91 Å². The lowest BCUT2D eigenvalue weighted by Crippen LogP contribution is -3.13. The van der Waals surface area contributed by atoms with E-state index in [2.05, 4.69) is 5.32 Å². The van der Waals surface area contributed by atoms with Crippen LogP contribution in [0.1, 0.15) is 35.4 Å². The minimum atomic E-state index is -0.382. The van der Waals surface area contributed by atoms with Crippen LogP contribution in [-0.2, 0) is 4.79 Å². The van der Waals surface area contributed by atoms with Gasteiger partial charge in [0, 0.05) is 5.39 Å². The van der Waals surface area contributed by atoms with Crippen LogP contribution in [0, 0.1) is 0 Å². The van der Waals surface area contributed by atoms with Crippen molar-refractivity contribution in [3.8, 4) is 11.5 Å². The lowest BCUT2D eigenvalue weighted by atomic mass is 10.1. The fourth-order valence-corrected chi connectivity index (χ4v) is 4.08. The summed E-state index contributed by atoms with van der Waals surface area (Å²) in [5, 5.41) is 3.64. The highest BCUT2D eigenvalue weighted by Gasteiger charge is 2.27. The molecule has 31 heavy (non-hydrogen) atoms. The fourth-order valence-electron chi connectivity index (χ4n) is 4.08. The highest BCUT2D eigenvalue weighted by molar-refractivity contribution is 6.18. The maximum Gasteiger partial charge on any atom is 0.279 e. The van der Waals surface area contributed by atoms with Gasteiger partial charge in [-0.2, -0.15) is 0 Å². The van der Waals surface area contributed by atoms with Crippen molar-refractivity contribution in [2.75, 3.05) is 39.2 Å². The molecule has 1 fully saturated rings. The summed E-state index contributed by atoms with van der Waals surface area (Å²) in [6.07, 6.45) is 3.49. The number of nitrogens with one attached hydrogen (secondary N) is 2. The van der Waals surface area contributed by atoms with E-state index >= 15 is 0 Å². The van der Waals surface area contributed by atoms with Crippen molar-refractivity contribution in [2.24, 2.45) is 0 Å². The van der Waals surface area contributed by atoms with Crippen LogP contribution in [0.2, 0.25) is 0 Å². The van der Waals surface area contributed by atoms with E-state index < -0.39 is 0 Å². The minimum Gasteiger partial charge on any atom is -0.497 e. The van der Waals surface area contributed by atoms with Gasteiger partial charge in [-0.1, -0.05) is 12.1 Å². The summed E-state index contributed by atoms with van der Waals surface area (Å²) in [4.78, 5) is 27.6. The molecule has 4 rings (SSSR count). The van der Waals surface area contributed by atoms with Gasteiger partial charge in [-0.05, 0) is 49.6 Å². The van der Waals surface area contributed by atoms with Gasteiger partial charge in [-0.15, -0.1) is 0 Å². The molecule has 0 aliphatic carbocycles. The van der Waals surface area contributed by atoms with E-state index in [9.17, 15) is 9.59 Å².